The van der Waals surface area contributed by atoms with Gasteiger partial charge in [0.25, 0.3) is 0 Å². The van der Waals surface area contributed by atoms with Gasteiger partial charge in [0, 0.05) is 6.42 Å². The van der Waals surface area contributed by atoms with Crippen LogP contribution >= 0.6 is 0 Å². The number of hydrogen-bond donors (Lipinski definition) is 0. The maximum Gasteiger partial charge on any atom is 0.306 e. The number of carbonyl (C=O) groups is 1. The molecule has 2 atom stereocenters. The van der Waals surface area contributed by atoms with E-state index < -0.39 is 0 Å². The standard InChI is InChI=1S/C39H73NO2/c1-6-8-10-12-14-16-18-22-27-33-38(42-39(41)35-29-24-30-36-40(4)5)34-28-23-19-21-26-32-37(3)31-25-20-17-15-13-11-9-7-2/h14-17,19,23,37-38H,6-13,18,20-22,24-36H2,1-5H3/b16-14?,17-15-,23-19?. The highest BCUT2D eigenvalue weighted by atomic mass is 16.5. The lowest BCUT2D eigenvalue weighted by atomic mass is 9.97. The summed E-state index contributed by atoms with van der Waals surface area (Å²) in [6.45, 7) is 8.03. The summed E-state index contributed by atoms with van der Waals surface area (Å²) >= 11 is 0. The Kier molecular flexibility index (Phi) is 31.5. The van der Waals surface area contributed by atoms with Crippen molar-refractivity contribution in [1.29, 1.82) is 0 Å². The first-order valence-electron chi connectivity index (χ1n) is 18.3. The Hall–Kier alpha value is -1.35. The van der Waals surface area contributed by atoms with Gasteiger partial charge >= 0.3 is 5.97 Å². The number of ether oxygens (including phenoxy) is 1. The maximum atomic E-state index is 12.5. The molecule has 0 spiro atoms. The fourth-order valence-corrected chi connectivity index (χ4v) is 5.34. The molecule has 3 nitrogen and oxygen atoms in total. The van der Waals surface area contributed by atoms with Gasteiger partial charge in [-0.3, -0.25) is 4.79 Å². The molecular formula is C39H73NO2. The molecule has 0 amide bonds. The van der Waals surface area contributed by atoms with Gasteiger partial charge in [-0.25, -0.2) is 0 Å². The number of unbranched alkanes of at least 4 members (excludes halogenated alkanes) is 12. The largest absolute Gasteiger partial charge is 0.462 e. The third-order valence-electron chi connectivity index (χ3n) is 8.17. The lowest BCUT2D eigenvalue weighted by Gasteiger charge is -2.17. The molecule has 42 heavy (non-hydrogen) atoms. The maximum absolute atomic E-state index is 12.5. The molecule has 0 bridgehead atoms. The van der Waals surface area contributed by atoms with Gasteiger partial charge in [-0.05, 0) is 129 Å². The van der Waals surface area contributed by atoms with Crippen LogP contribution in [0.2, 0.25) is 0 Å². The van der Waals surface area contributed by atoms with E-state index in [1.165, 1.54) is 96.3 Å². The SMILES string of the molecule is CCCCCC=CCCCCC(CCC=CCCCC(C)CCC/C=C\CCCCC)OC(=O)CCCCCN(C)C. The molecule has 0 aliphatic carbocycles. The highest BCUT2D eigenvalue weighted by molar-refractivity contribution is 5.69. The average molecular weight is 588 g/mol. The Morgan fingerprint density at radius 2 is 1.07 bits per heavy atom. The van der Waals surface area contributed by atoms with Crippen LogP contribution in [0.1, 0.15) is 175 Å². The molecule has 2 unspecified atom stereocenters. The van der Waals surface area contributed by atoms with Crippen LogP contribution in [-0.4, -0.2) is 37.6 Å². The molecule has 0 N–H and O–H groups in total. The molecule has 0 radical (unpaired) electrons. The number of nitrogens with zero attached hydrogens (tertiary/aromatic N) is 1. The van der Waals surface area contributed by atoms with Crippen LogP contribution in [0.15, 0.2) is 36.5 Å². The summed E-state index contributed by atoms with van der Waals surface area (Å²) in [7, 11) is 4.21. The Balaban J connectivity index is 4.22. The first kappa shape index (κ1) is 40.6. The summed E-state index contributed by atoms with van der Waals surface area (Å²) in [4.78, 5) is 14.8. The fourth-order valence-electron chi connectivity index (χ4n) is 5.34. The van der Waals surface area contributed by atoms with Crippen molar-refractivity contribution < 1.29 is 9.53 Å². The predicted octanol–water partition coefficient (Wildman–Crippen LogP) is 12.2. The quantitative estimate of drug-likeness (QED) is 0.0459. The summed E-state index contributed by atoms with van der Waals surface area (Å²) in [6, 6.07) is 0. The van der Waals surface area contributed by atoms with Crippen molar-refractivity contribution in [2.24, 2.45) is 5.92 Å². The van der Waals surface area contributed by atoms with E-state index in [0.717, 1.165) is 63.8 Å². The van der Waals surface area contributed by atoms with E-state index in [-0.39, 0.29) is 12.1 Å². The van der Waals surface area contributed by atoms with Gasteiger partial charge in [0.1, 0.15) is 6.10 Å². The van der Waals surface area contributed by atoms with Gasteiger partial charge < -0.3 is 9.64 Å². The molecule has 0 aromatic carbocycles. The van der Waals surface area contributed by atoms with E-state index in [1.807, 2.05) is 0 Å². The van der Waals surface area contributed by atoms with E-state index >= 15 is 0 Å². The van der Waals surface area contributed by atoms with E-state index in [2.05, 4.69) is 76.2 Å². The molecule has 0 aliphatic rings. The van der Waals surface area contributed by atoms with Crippen LogP contribution < -0.4 is 0 Å². The topological polar surface area (TPSA) is 29.5 Å². The van der Waals surface area contributed by atoms with E-state index in [4.69, 9.17) is 4.74 Å². The first-order valence-corrected chi connectivity index (χ1v) is 18.3. The van der Waals surface area contributed by atoms with Crippen LogP contribution in [0.4, 0.5) is 0 Å². The summed E-state index contributed by atoms with van der Waals surface area (Å²) < 4.78 is 5.98. The Labute approximate surface area is 264 Å². The summed E-state index contributed by atoms with van der Waals surface area (Å²) in [6.07, 6.45) is 42.5. The fraction of sp³-hybridized carbons (Fsp3) is 0.821. The van der Waals surface area contributed by atoms with Gasteiger partial charge in [-0.15, -0.1) is 0 Å². The smallest absolute Gasteiger partial charge is 0.306 e. The van der Waals surface area contributed by atoms with Gasteiger partial charge in [-0.2, -0.15) is 0 Å². The van der Waals surface area contributed by atoms with E-state index in [0.29, 0.717) is 6.42 Å². The zero-order valence-corrected chi connectivity index (χ0v) is 29.1. The summed E-state index contributed by atoms with van der Waals surface area (Å²) in [5.74, 6) is 0.829. The van der Waals surface area contributed by atoms with E-state index in [9.17, 15) is 4.79 Å². The second-order valence-electron chi connectivity index (χ2n) is 13.0. The molecule has 0 saturated carbocycles. The van der Waals surface area contributed by atoms with Gasteiger partial charge in [-0.1, -0.05) is 102 Å². The van der Waals surface area contributed by atoms with Crippen LogP contribution in [0.3, 0.4) is 0 Å². The van der Waals surface area contributed by atoms with Crippen molar-refractivity contribution in [3.63, 3.8) is 0 Å². The van der Waals surface area contributed by atoms with Crippen LogP contribution in [0.5, 0.6) is 0 Å². The molecule has 0 fully saturated rings. The Morgan fingerprint density at radius 1 is 0.571 bits per heavy atom. The molecular weight excluding hydrogens is 514 g/mol. The number of esters is 1. The Morgan fingerprint density at radius 3 is 1.60 bits per heavy atom. The van der Waals surface area contributed by atoms with Crippen molar-refractivity contribution in [3.8, 4) is 0 Å². The minimum atomic E-state index is 0.00521. The van der Waals surface area contributed by atoms with Crippen molar-refractivity contribution >= 4 is 5.97 Å². The van der Waals surface area contributed by atoms with Crippen molar-refractivity contribution in [2.45, 2.75) is 181 Å². The first-order chi connectivity index (χ1) is 20.5. The minimum Gasteiger partial charge on any atom is -0.462 e. The third-order valence-corrected chi connectivity index (χ3v) is 8.17. The van der Waals surface area contributed by atoms with E-state index in [1.54, 1.807) is 0 Å². The van der Waals surface area contributed by atoms with Gasteiger partial charge in [0.2, 0.25) is 0 Å². The normalized spacial score (nSPS) is 13.7. The molecule has 0 aliphatic heterocycles. The second kappa shape index (κ2) is 32.6. The van der Waals surface area contributed by atoms with Crippen molar-refractivity contribution in [1.82, 2.24) is 4.90 Å². The highest BCUT2D eigenvalue weighted by Crippen LogP contribution is 2.18. The monoisotopic (exact) mass is 588 g/mol. The molecule has 0 rings (SSSR count). The number of hydrogen-bond acceptors (Lipinski definition) is 3. The lowest BCUT2D eigenvalue weighted by molar-refractivity contribution is -0.149. The average Bonchev–Trinajstić information content (AvgIpc) is 2.96. The number of allylic oxidation sites excluding steroid dienone is 6. The summed E-state index contributed by atoms with van der Waals surface area (Å²) in [5, 5.41) is 0. The Bertz CT molecular complexity index is 651. The molecule has 0 saturated heterocycles. The van der Waals surface area contributed by atoms with Crippen molar-refractivity contribution in [2.75, 3.05) is 20.6 Å². The third kappa shape index (κ3) is 31.6. The van der Waals surface area contributed by atoms with Crippen LogP contribution in [0.25, 0.3) is 0 Å². The second-order valence-corrected chi connectivity index (χ2v) is 13.0. The van der Waals surface area contributed by atoms with Crippen LogP contribution in [0, 0.1) is 5.92 Å². The van der Waals surface area contributed by atoms with Crippen LogP contribution in [-0.2, 0) is 9.53 Å². The zero-order chi connectivity index (χ0) is 30.9. The minimum absolute atomic E-state index is 0.00521. The zero-order valence-electron chi connectivity index (χ0n) is 29.1. The van der Waals surface area contributed by atoms with Crippen molar-refractivity contribution in [3.05, 3.63) is 36.5 Å². The highest BCUT2D eigenvalue weighted by Gasteiger charge is 2.13. The number of rotatable bonds is 31. The molecule has 0 aromatic rings. The summed E-state index contributed by atoms with van der Waals surface area (Å²) in [5.41, 5.74) is 0. The lowest BCUT2D eigenvalue weighted by Crippen LogP contribution is -2.18. The molecule has 0 heterocycles. The number of carbonyl (C=O) groups excluding carboxylic acids is 1. The molecule has 0 aromatic heterocycles. The predicted molar refractivity (Wildman–Crippen MR) is 187 cm³/mol. The van der Waals surface area contributed by atoms with Gasteiger partial charge in [0.15, 0.2) is 0 Å². The molecule has 3 heteroatoms. The molecule has 246 valence electrons. The van der Waals surface area contributed by atoms with Gasteiger partial charge in [0.05, 0.1) is 0 Å².